The Kier molecular flexibility index (Phi) is 3.41. The molecule has 0 saturated carbocycles. The van der Waals surface area contributed by atoms with Gasteiger partial charge in [-0.15, -0.1) is 0 Å². The zero-order valence-corrected chi connectivity index (χ0v) is 13.5. The van der Waals surface area contributed by atoms with Gasteiger partial charge in [0, 0.05) is 27.8 Å². The second-order valence-electron chi connectivity index (χ2n) is 4.90. The van der Waals surface area contributed by atoms with Crippen LogP contribution in [-0.4, -0.2) is 13.7 Å². The first-order valence-electron chi connectivity index (χ1n) is 5.70. The maximum atomic E-state index is 6.14. The molecule has 1 aliphatic heterocycles. The van der Waals surface area contributed by atoms with Crippen LogP contribution < -0.4 is 4.80 Å². The molecule has 7 heteroatoms. The second kappa shape index (κ2) is 4.81. The number of rotatable bonds is 1. The highest BCUT2D eigenvalue weighted by Gasteiger charge is 2.31. The smallest absolute Gasteiger partial charge is 0.210 e. The highest BCUT2D eigenvalue weighted by molar-refractivity contribution is 8.00. The third-order valence-electron chi connectivity index (χ3n) is 2.70. The molecular weight excluding hydrogens is 321 g/mol. The minimum absolute atomic E-state index is 0.171. The van der Waals surface area contributed by atoms with Gasteiger partial charge >= 0.3 is 0 Å². The number of thioether (sulfide) groups is 1. The third-order valence-corrected chi connectivity index (χ3v) is 5.27. The lowest BCUT2D eigenvalue weighted by Gasteiger charge is -2.12. The molecule has 3 nitrogen and oxygen atoms in total. The largest absolute Gasteiger partial charge is 0.293 e. The summed E-state index contributed by atoms with van der Waals surface area (Å²) >= 11 is 15.2. The molecule has 0 saturated heterocycles. The fourth-order valence-electron chi connectivity index (χ4n) is 1.89. The van der Waals surface area contributed by atoms with Gasteiger partial charge in [-0.05, 0) is 32.0 Å². The van der Waals surface area contributed by atoms with Gasteiger partial charge in [0.15, 0.2) is 5.16 Å². The zero-order valence-electron chi connectivity index (χ0n) is 10.4. The van der Waals surface area contributed by atoms with Crippen LogP contribution in [0.1, 0.15) is 13.8 Å². The fourth-order valence-corrected chi connectivity index (χ4v) is 4.25. The highest BCUT2D eigenvalue weighted by Crippen LogP contribution is 2.38. The van der Waals surface area contributed by atoms with E-state index in [4.69, 9.17) is 23.2 Å². The lowest BCUT2D eigenvalue weighted by molar-refractivity contribution is 0.555. The standard InChI is InChI=1S/C12H11Cl2N3S2/c1-12(2)6-17-10(19-16-11(17)18-12)15-9-4-3-7(13)5-8(9)14/h3-5H,6H2,1-2H3. The van der Waals surface area contributed by atoms with Crippen molar-refractivity contribution >= 4 is 52.2 Å². The van der Waals surface area contributed by atoms with E-state index >= 15 is 0 Å². The van der Waals surface area contributed by atoms with Crippen molar-refractivity contribution in [3.63, 3.8) is 0 Å². The Morgan fingerprint density at radius 1 is 1.37 bits per heavy atom. The summed E-state index contributed by atoms with van der Waals surface area (Å²) in [6.45, 7) is 5.32. The first kappa shape index (κ1) is 13.5. The van der Waals surface area contributed by atoms with E-state index in [1.54, 1.807) is 23.9 Å². The Morgan fingerprint density at radius 2 is 2.16 bits per heavy atom. The predicted molar refractivity (Wildman–Crippen MR) is 81.7 cm³/mol. The quantitative estimate of drug-likeness (QED) is 0.776. The zero-order chi connectivity index (χ0) is 13.6. The average molecular weight is 332 g/mol. The van der Waals surface area contributed by atoms with Gasteiger partial charge in [-0.25, -0.2) is 4.99 Å². The summed E-state index contributed by atoms with van der Waals surface area (Å²) in [5.74, 6) is 0. The normalized spacial score (nSPS) is 17.8. The van der Waals surface area contributed by atoms with Crippen LogP contribution in [-0.2, 0) is 6.54 Å². The van der Waals surface area contributed by atoms with Crippen LogP contribution in [0.5, 0.6) is 0 Å². The van der Waals surface area contributed by atoms with E-state index in [9.17, 15) is 0 Å². The van der Waals surface area contributed by atoms with Gasteiger partial charge in [0.05, 0.1) is 10.7 Å². The van der Waals surface area contributed by atoms with E-state index in [2.05, 4.69) is 27.8 Å². The molecule has 100 valence electrons. The minimum Gasteiger partial charge on any atom is -0.293 e. The number of benzene rings is 1. The van der Waals surface area contributed by atoms with Crippen molar-refractivity contribution < 1.29 is 0 Å². The third kappa shape index (κ3) is 2.70. The van der Waals surface area contributed by atoms with Crippen molar-refractivity contribution in [1.29, 1.82) is 0 Å². The van der Waals surface area contributed by atoms with E-state index < -0.39 is 0 Å². The van der Waals surface area contributed by atoms with E-state index in [1.807, 2.05) is 6.07 Å². The van der Waals surface area contributed by atoms with Gasteiger partial charge in [0.1, 0.15) is 0 Å². The van der Waals surface area contributed by atoms with Crippen molar-refractivity contribution in [3.8, 4) is 0 Å². The van der Waals surface area contributed by atoms with Crippen molar-refractivity contribution in [2.45, 2.75) is 30.3 Å². The Morgan fingerprint density at radius 3 is 2.89 bits per heavy atom. The van der Waals surface area contributed by atoms with Gasteiger partial charge in [-0.3, -0.25) is 4.57 Å². The number of nitrogens with zero attached hydrogens (tertiary/aromatic N) is 3. The van der Waals surface area contributed by atoms with Crippen molar-refractivity contribution in [2.24, 2.45) is 4.99 Å². The number of halogens is 2. The Balaban J connectivity index is 2.07. The molecule has 3 rings (SSSR count). The summed E-state index contributed by atoms with van der Waals surface area (Å²) < 4.78 is 6.75. The summed E-state index contributed by atoms with van der Waals surface area (Å²) in [4.78, 5) is 5.47. The lowest BCUT2D eigenvalue weighted by Crippen LogP contribution is -2.21. The molecular formula is C12H11Cl2N3S2. The molecule has 0 N–H and O–H groups in total. The lowest BCUT2D eigenvalue weighted by atomic mass is 10.2. The van der Waals surface area contributed by atoms with Crippen LogP contribution >= 0.6 is 46.5 Å². The van der Waals surface area contributed by atoms with Gasteiger partial charge in [0.2, 0.25) is 4.80 Å². The van der Waals surface area contributed by atoms with Gasteiger partial charge in [0.25, 0.3) is 0 Å². The summed E-state index contributed by atoms with van der Waals surface area (Å²) in [5, 5.41) is 2.20. The summed E-state index contributed by atoms with van der Waals surface area (Å²) in [5.41, 5.74) is 0.722. The van der Waals surface area contributed by atoms with Gasteiger partial charge in [-0.1, -0.05) is 35.0 Å². The molecule has 0 radical (unpaired) electrons. The molecule has 1 aromatic carbocycles. The molecule has 2 heterocycles. The van der Waals surface area contributed by atoms with Crippen LogP contribution in [0, 0.1) is 0 Å². The summed E-state index contributed by atoms with van der Waals surface area (Å²) in [6, 6.07) is 5.31. The second-order valence-corrected chi connectivity index (χ2v) is 8.15. The number of aromatic nitrogens is 2. The number of hydrogen-bond acceptors (Lipinski definition) is 4. The topological polar surface area (TPSA) is 30.2 Å². The van der Waals surface area contributed by atoms with Crippen molar-refractivity contribution in [2.75, 3.05) is 0 Å². The molecule has 0 spiro atoms. The van der Waals surface area contributed by atoms with Gasteiger partial charge in [-0.2, -0.15) is 4.37 Å². The molecule has 0 unspecified atom stereocenters. The predicted octanol–water partition coefficient (Wildman–Crippen LogP) is 4.37. The van der Waals surface area contributed by atoms with E-state index in [1.165, 1.54) is 11.5 Å². The molecule has 0 amide bonds. The number of fused-ring (bicyclic) bond motifs is 1. The monoisotopic (exact) mass is 331 g/mol. The van der Waals surface area contributed by atoms with Crippen LogP contribution in [0.3, 0.4) is 0 Å². The first-order valence-corrected chi connectivity index (χ1v) is 8.04. The maximum absolute atomic E-state index is 6.14. The molecule has 1 aliphatic rings. The molecule has 2 aromatic rings. The SMILES string of the molecule is CC1(C)Cn2c(nsc2=Nc2ccc(Cl)cc2Cl)S1. The maximum Gasteiger partial charge on any atom is 0.210 e. The Bertz CT molecular complexity index is 703. The van der Waals surface area contributed by atoms with Gasteiger partial charge < -0.3 is 0 Å². The average Bonchev–Trinajstić information content (AvgIpc) is 2.79. The molecule has 19 heavy (non-hydrogen) atoms. The molecule has 0 bridgehead atoms. The van der Waals surface area contributed by atoms with E-state index in [0.29, 0.717) is 10.0 Å². The number of hydrogen-bond donors (Lipinski definition) is 0. The molecule has 1 aromatic heterocycles. The molecule has 0 atom stereocenters. The van der Waals surface area contributed by atoms with E-state index in [-0.39, 0.29) is 4.75 Å². The fraction of sp³-hybridized carbons (Fsp3) is 0.333. The van der Waals surface area contributed by atoms with Crippen LogP contribution in [0.2, 0.25) is 10.0 Å². The molecule has 0 fully saturated rings. The Hall–Kier alpha value is -0.490. The van der Waals surface area contributed by atoms with Crippen LogP contribution in [0.4, 0.5) is 5.69 Å². The van der Waals surface area contributed by atoms with Crippen molar-refractivity contribution in [1.82, 2.24) is 8.94 Å². The van der Waals surface area contributed by atoms with E-state index in [0.717, 1.165) is 22.2 Å². The van der Waals surface area contributed by atoms with Crippen LogP contribution in [0.25, 0.3) is 0 Å². The summed E-state index contributed by atoms with van der Waals surface area (Å²) in [7, 11) is 0. The van der Waals surface area contributed by atoms with Crippen molar-refractivity contribution in [3.05, 3.63) is 33.0 Å². The minimum atomic E-state index is 0.171. The Labute approximate surface area is 129 Å². The first-order chi connectivity index (χ1) is 8.94. The molecule has 0 aliphatic carbocycles. The highest BCUT2D eigenvalue weighted by atomic mass is 35.5. The summed E-state index contributed by atoms with van der Waals surface area (Å²) in [6.07, 6.45) is 0. The van der Waals surface area contributed by atoms with Crippen LogP contribution in [0.15, 0.2) is 28.3 Å².